The molecule has 0 aliphatic rings. The Kier molecular flexibility index (Phi) is 10.7. The Bertz CT molecular complexity index is 1140. The van der Waals surface area contributed by atoms with Crippen molar-refractivity contribution in [2.45, 2.75) is 38.8 Å². The van der Waals surface area contributed by atoms with Crippen molar-refractivity contribution in [3.63, 3.8) is 0 Å². The molecule has 192 valence electrons. The highest BCUT2D eigenvalue weighted by atomic mass is 35.5. The number of rotatable bonds is 12. The lowest BCUT2D eigenvalue weighted by molar-refractivity contribution is -0.141. The second kappa shape index (κ2) is 13.0. The van der Waals surface area contributed by atoms with Crippen LogP contribution in [0.4, 0.5) is 5.69 Å². The lowest BCUT2D eigenvalue weighted by Crippen LogP contribution is -2.48. The number of anilines is 1. The largest absolute Gasteiger partial charge is 0.497 e. The van der Waals surface area contributed by atoms with Gasteiger partial charge in [-0.25, -0.2) is 8.42 Å². The summed E-state index contributed by atoms with van der Waals surface area (Å²) in [6, 6.07) is 11.2. The standard InChI is InChI=1S/C24H31Cl2N3O5S/c1-5-21(24(31)27-2)28(16-17-8-6-9-19(14-17)34-3)23(30)10-7-13-29(35(4,32)33)22-15-18(25)11-12-20(22)26/h6,8-9,11-12,14-15,21H,5,7,10,13,16H2,1-4H3,(H,27,31). The molecule has 0 aliphatic heterocycles. The molecule has 2 rings (SSSR count). The molecule has 35 heavy (non-hydrogen) atoms. The first-order chi connectivity index (χ1) is 16.5. The van der Waals surface area contributed by atoms with E-state index in [9.17, 15) is 18.0 Å². The SMILES string of the molecule is CCC(C(=O)NC)N(Cc1cccc(OC)c1)C(=O)CCCN(c1cc(Cl)ccc1Cl)S(C)(=O)=O. The van der Waals surface area contributed by atoms with Crippen LogP contribution in [0.3, 0.4) is 0 Å². The molecule has 2 amide bonds. The lowest BCUT2D eigenvalue weighted by atomic mass is 10.1. The number of likely N-dealkylation sites (N-methyl/N-ethyl adjacent to an activating group) is 1. The van der Waals surface area contributed by atoms with E-state index < -0.39 is 16.1 Å². The summed E-state index contributed by atoms with van der Waals surface area (Å²) in [5.41, 5.74) is 1.06. The second-order valence-electron chi connectivity index (χ2n) is 7.95. The maximum Gasteiger partial charge on any atom is 0.242 e. The molecule has 0 spiro atoms. The third kappa shape index (κ3) is 8.02. The van der Waals surface area contributed by atoms with Crippen LogP contribution in [0, 0.1) is 0 Å². The molecule has 2 aromatic rings. The molecule has 0 aliphatic carbocycles. The Hall–Kier alpha value is -2.49. The van der Waals surface area contributed by atoms with Crippen LogP contribution in [0.25, 0.3) is 0 Å². The van der Waals surface area contributed by atoms with Gasteiger partial charge in [0.1, 0.15) is 11.8 Å². The van der Waals surface area contributed by atoms with Crippen LogP contribution in [0.5, 0.6) is 5.75 Å². The van der Waals surface area contributed by atoms with Crippen LogP contribution in [0.15, 0.2) is 42.5 Å². The number of ether oxygens (including phenoxy) is 1. The number of nitrogens with one attached hydrogen (secondary N) is 1. The number of hydrogen-bond donors (Lipinski definition) is 1. The monoisotopic (exact) mass is 543 g/mol. The average molecular weight is 545 g/mol. The highest BCUT2D eigenvalue weighted by molar-refractivity contribution is 7.92. The minimum Gasteiger partial charge on any atom is -0.497 e. The number of benzene rings is 2. The van der Waals surface area contributed by atoms with Crippen molar-refractivity contribution in [3.05, 3.63) is 58.1 Å². The first-order valence-electron chi connectivity index (χ1n) is 11.1. The first kappa shape index (κ1) is 28.7. The fraction of sp³-hybridized carbons (Fsp3) is 0.417. The molecular formula is C24H31Cl2N3O5S. The van der Waals surface area contributed by atoms with Gasteiger partial charge >= 0.3 is 0 Å². The van der Waals surface area contributed by atoms with Gasteiger partial charge in [0.15, 0.2) is 0 Å². The predicted molar refractivity (Wildman–Crippen MR) is 140 cm³/mol. The van der Waals surface area contributed by atoms with Gasteiger partial charge in [-0.05, 0) is 48.7 Å². The molecule has 1 N–H and O–H groups in total. The third-order valence-electron chi connectivity index (χ3n) is 5.45. The van der Waals surface area contributed by atoms with E-state index in [1.807, 2.05) is 25.1 Å². The Morgan fingerprint density at radius 3 is 2.46 bits per heavy atom. The van der Waals surface area contributed by atoms with Crippen molar-refractivity contribution >= 4 is 50.7 Å². The van der Waals surface area contributed by atoms with Gasteiger partial charge in [0, 0.05) is 31.6 Å². The number of nitrogens with zero attached hydrogens (tertiary/aromatic N) is 2. The molecule has 0 aromatic heterocycles. The van der Waals surface area contributed by atoms with Gasteiger partial charge in [-0.1, -0.05) is 42.3 Å². The Morgan fingerprint density at radius 2 is 1.86 bits per heavy atom. The summed E-state index contributed by atoms with van der Waals surface area (Å²) in [5, 5.41) is 3.19. The Morgan fingerprint density at radius 1 is 1.14 bits per heavy atom. The maximum atomic E-state index is 13.3. The Balaban J connectivity index is 2.24. The quantitative estimate of drug-likeness (QED) is 0.434. The summed E-state index contributed by atoms with van der Waals surface area (Å²) in [6.07, 6.45) is 1.73. The summed E-state index contributed by atoms with van der Waals surface area (Å²) in [6.45, 7) is 2.06. The number of hydrogen-bond acceptors (Lipinski definition) is 5. The zero-order chi connectivity index (χ0) is 26.2. The van der Waals surface area contributed by atoms with Gasteiger partial charge in [-0.15, -0.1) is 0 Å². The number of sulfonamides is 1. The first-order valence-corrected chi connectivity index (χ1v) is 13.7. The second-order valence-corrected chi connectivity index (χ2v) is 10.7. The van der Waals surface area contributed by atoms with Crippen molar-refractivity contribution in [3.8, 4) is 5.75 Å². The van der Waals surface area contributed by atoms with Crippen molar-refractivity contribution in [2.24, 2.45) is 0 Å². The number of carbonyl (C=O) groups excluding carboxylic acids is 2. The molecule has 1 unspecified atom stereocenters. The number of halogens is 2. The molecule has 11 heteroatoms. The van der Waals surface area contributed by atoms with Gasteiger partial charge in [-0.2, -0.15) is 0 Å². The van der Waals surface area contributed by atoms with E-state index in [2.05, 4.69) is 5.32 Å². The third-order valence-corrected chi connectivity index (χ3v) is 7.18. The van der Waals surface area contributed by atoms with E-state index in [0.717, 1.165) is 16.1 Å². The molecular weight excluding hydrogens is 513 g/mol. The van der Waals surface area contributed by atoms with Gasteiger partial charge in [0.05, 0.1) is 24.1 Å². The Labute approximate surface area is 217 Å². The maximum absolute atomic E-state index is 13.3. The van der Waals surface area contributed by atoms with Crippen LogP contribution in [-0.2, 0) is 26.2 Å². The molecule has 0 bridgehead atoms. The van der Waals surface area contributed by atoms with Crippen LogP contribution < -0.4 is 14.4 Å². The molecule has 8 nitrogen and oxygen atoms in total. The van der Waals surface area contributed by atoms with E-state index in [4.69, 9.17) is 27.9 Å². The fourth-order valence-corrected chi connectivity index (χ4v) is 5.12. The van der Waals surface area contributed by atoms with Crippen molar-refractivity contribution in [1.82, 2.24) is 10.2 Å². The van der Waals surface area contributed by atoms with Gasteiger partial charge in [0.25, 0.3) is 0 Å². The van der Waals surface area contributed by atoms with E-state index in [-0.39, 0.29) is 48.5 Å². The van der Waals surface area contributed by atoms with Gasteiger partial charge in [-0.3, -0.25) is 13.9 Å². The highest BCUT2D eigenvalue weighted by Gasteiger charge is 2.28. The zero-order valence-electron chi connectivity index (χ0n) is 20.3. The average Bonchev–Trinajstić information content (AvgIpc) is 2.82. The van der Waals surface area contributed by atoms with Crippen molar-refractivity contribution in [1.29, 1.82) is 0 Å². The summed E-state index contributed by atoms with van der Waals surface area (Å²) in [7, 11) is -0.600. The van der Waals surface area contributed by atoms with E-state index in [1.54, 1.807) is 19.2 Å². The molecule has 1 atom stereocenters. The molecule has 2 aromatic carbocycles. The van der Waals surface area contributed by atoms with Crippen LogP contribution in [0.2, 0.25) is 10.0 Å². The van der Waals surface area contributed by atoms with Gasteiger partial charge < -0.3 is 15.0 Å². The van der Waals surface area contributed by atoms with Crippen LogP contribution in [0.1, 0.15) is 31.7 Å². The smallest absolute Gasteiger partial charge is 0.242 e. The fourth-order valence-electron chi connectivity index (χ4n) is 3.71. The normalized spacial score (nSPS) is 12.1. The summed E-state index contributed by atoms with van der Waals surface area (Å²) < 4.78 is 31.3. The minimum atomic E-state index is -3.68. The van der Waals surface area contributed by atoms with Crippen LogP contribution in [-0.4, -0.2) is 58.1 Å². The predicted octanol–water partition coefficient (Wildman–Crippen LogP) is 4.10. The molecule has 0 radical (unpaired) electrons. The van der Waals surface area contributed by atoms with Gasteiger partial charge in [0.2, 0.25) is 21.8 Å². The lowest BCUT2D eigenvalue weighted by Gasteiger charge is -2.31. The summed E-state index contributed by atoms with van der Waals surface area (Å²) >= 11 is 12.3. The topological polar surface area (TPSA) is 96.0 Å². The molecule has 0 heterocycles. The van der Waals surface area contributed by atoms with Crippen LogP contribution >= 0.6 is 23.2 Å². The molecule has 0 saturated heterocycles. The highest BCUT2D eigenvalue weighted by Crippen LogP contribution is 2.31. The number of carbonyl (C=O) groups is 2. The number of methoxy groups -OCH3 is 1. The minimum absolute atomic E-state index is 0.0222. The zero-order valence-corrected chi connectivity index (χ0v) is 22.6. The summed E-state index contributed by atoms with van der Waals surface area (Å²) in [5.74, 6) is 0.103. The van der Waals surface area contributed by atoms with E-state index in [1.165, 1.54) is 24.1 Å². The van der Waals surface area contributed by atoms with Crippen molar-refractivity contribution in [2.75, 3.05) is 31.3 Å². The summed E-state index contributed by atoms with van der Waals surface area (Å²) in [4.78, 5) is 27.4. The number of amides is 2. The van der Waals surface area contributed by atoms with E-state index in [0.29, 0.717) is 17.2 Å². The van der Waals surface area contributed by atoms with E-state index >= 15 is 0 Å². The molecule has 0 fully saturated rings. The molecule has 0 saturated carbocycles. The van der Waals surface area contributed by atoms with Crippen molar-refractivity contribution < 1.29 is 22.7 Å².